The zero-order chi connectivity index (χ0) is 25.0. The van der Waals surface area contributed by atoms with Gasteiger partial charge in [0, 0.05) is 42.2 Å². The largest absolute Gasteiger partial charge is 0.463 e. The molecule has 2 fully saturated rings. The average Bonchev–Trinajstić information content (AvgIpc) is 3.69. The SMILES string of the molecule is Cl.N=C(N)CC(=O)OCc1cccc(-c2cnc(OCC3CCN(S(=O)(=O)C4CC4)CC3)nc2)c1F. The van der Waals surface area contributed by atoms with E-state index in [9.17, 15) is 17.6 Å². The van der Waals surface area contributed by atoms with E-state index in [-0.39, 0.29) is 59.6 Å². The summed E-state index contributed by atoms with van der Waals surface area (Å²) in [6.45, 7) is 1.11. The number of piperidine rings is 1. The summed E-state index contributed by atoms with van der Waals surface area (Å²) in [4.78, 5) is 19.9. The zero-order valence-corrected chi connectivity index (χ0v) is 21.2. The van der Waals surface area contributed by atoms with E-state index in [2.05, 4.69) is 9.97 Å². The first-order chi connectivity index (χ1) is 16.7. The van der Waals surface area contributed by atoms with Gasteiger partial charge in [0.2, 0.25) is 10.0 Å². The van der Waals surface area contributed by atoms with Crippen LogP contribution in [-0.4, -0.2) is 59.4 Å². The van der Waals surface area contributed by atoms with Crippen LogP contribution in [0.3, 0.4) is 0 Å². The molecule has 0 radical (unpaired) electrons. The number of amidine groups is 1. The van der Waals surface area contributed by atoms with Crippen LogP contribution in [0, 0.1) is 17.1 Å². The summed E-state index contributed by atoms with van der Waals surface area (Å²) in [7, 11) is -3.13. The van der Waals surface area contributed by atoms with Gasteiger partial charge in [-0.25, -0.2) is 27.1 Å². The lowest BCUT2D eigenvalue weighted by Crippen LogP contribution is -2.41. The number of ether oxygens (including phenoxy) is 2. The van der Waals surface area contributed by atoms with Crippen molar-refractivity contribution in [3.05, 3.63) is 42.0 Å². The lowest BCUT2D eigenvalue weighted by molar-refractivity contribution is -0.143. The summed E-state index contributed by atoms with van der Waals surface area (Å²) in [5.74, 6) is -1.38. The molecule has 196 valence electrons. The predicted molar refractivity (Wildman–Crippen MR) is 133 cm³/mol. The number of rotatable bonds is 10. The summed E-state index contributed by atoms with van der Waals surface area (Å²) in [5.41, 5.74) is 6.02. The Morgan fingerprint density at radius 1 is 1.17 bits per heavy atom. The maximum absolute atomic E-state index is 14.9. The Morgan fingerprint density at radius 3 is 2.44 bits per heavy atom. The minimum absolute atomic E-state index is 0. The van der Waals surface area contributed by atoms with Crippen LogP contribution in [0.2, 0.25) is 0 Å². The van der Waals surface area contributed by atoms with Crippen molar-refractivity contribution >= 4 is 34.2 Å². The van der Waals surface area contributed by atoms with Crippen molar-refractivity contribution in [3.8, 4) is 17.1 Å². The van der Waals surface area contributed by atoms with Crippen molar-refractivity contribution in [1.82, 2.24) is 14.3 Å². The van der Waals surface area contributed by atoms with E-state index in [4.69, 9.17) is 20.6 Å². The first kappa shape index (κ1) is 27.8. The Morgan fingerprint density at radius 2 is 1.83 bits per heavy atom. The molecule has 1 aliphatic heterocycles. The fourth-order valence-corrected chi connectivity index (χ4v) is 5.78. The monoisotopic (exact) mass is 541 g/mol. The van der Waals surface area contributed by atoms with Gasteiger partial charge in [0.1, 0.15) is 24.7 Å². The average molecular weight is 542 g/mol. The number of aromatic nitrogens is 2. The molecule has 4 rings (SSSR count). The first-order valence-electron chi connectivity index (χ1n) is 11.4. The quantitative estimate of drug-likeness (QED) is 0.265. The summed E-state index contributed by atoms with van der Waals surface area (Å²) in [6, 6.07) is 4.86. The highest BCUT2D eigenvalue weighted by molar-refractivity contribution is 7.90. The molecule has 1 saturated heterocycles. The number of halogens is 2. The van der Waals surface area contributed by atoms with Crippen molar-refractivity contribution in [1.29, 1.82) is 5.41 Å². The lowest BCUT2D eigenvalue weighted by Gasteiger charge is -2.30. The van der Waals surface area contributed by atoms with Crippen LogP contribution in [-0.2, 0) is 26.2 Å². The van der Waals surface area contributed by atoms with Crippen LogP contribution in [0.1, 0.15) is 37.7 Å². The van der Waals surface area contributed by atoms with E-state index in [1.807, 2.05) is 0 Å². The molecule has 0 amide bonds. The molecule has 1 aromatic heterocycles. The van der Waals surface area contributed by atoms with Gasteiger partial charge >= 0.3 is 12.0 Å². The van der Waals surface area contributed by atoms with E-state index in [1.54, 1.807) is 16.4 Å². The van der Waals surface area contributed by atoms with Gasteiger partial charge in [-0.2, -0.15) is 0 Å². The van der Waals surface area contributed by atoms with Crippen molar-refractivity contribution < 1.29 is 27.1 Å². The minimum atomic E-state index is -3.13. The van der Waals surface area contributed by atoms with Gasteiger partial charge in [-0.3, -0.25) is 10.2 Å². The third-order valence-corrected chi connectivity index (χ3v) is 8.47. The van der Waals surface area contributed by atoms with Crippen LogP contribution in [0.5, 0.6) is 6.01 Å². The second kappa shape index (κ2) is 11.9. The molecule has 2 aliphatic rings. The molecule has 10 nitrogen and oxygen atoms in total. The van der Waals surface area contributed by atoms with Gasteiger partial charge < -0.3 is 15.2 Å². The van der Waals surface area contributed by atoms with Gasteiger partial charge in [0.15, 0.2) is 0 Å². The van der Waals surface area contributed by atoms with Gasteiger partial charge in [-0.1, -0.05) is 18.2 Å². The van der Waals surface area contributed by atoms with Gasteiger partial charge in [0.25, 0.3) is 0 Å². The number of benzene rings is 1. The van der Waals surface area contributed by atoms with Crippen LogP contribution in [0.25, 0.3) is 11.1 Å². The lowest BCUT2D eigenvalue weighted by atomic mass is 9.99. The normalized spacial score (nSPS) is 16.7. The van der Waals surface area contributed by atoms with Gasteiger partial charge in [-0.15, -0.1) is 12.4 Å². The molecular formula is C23H29ClFN5O5S. The highest BCUT2D eigenvalue weighted by Crippen LogP contribution is 2.33. The molecule has 1 aliphatic carbocycles. The number of hydrogen-bond donors (Lipinski definition) is 2. The molecule has 3 N–H and O–H groups in total. The summed E-state index contributed by atoms with van der Waals surface area (Å²) < 4.78 is 51.9. The number of esters is 1. The van der Waals surface area contributed by atoms with Crippen LogP contribution in [0.4, 0.5) is 4.39 Å². The number of sulfonamides is 1. The molecule has 13 heteroatoms. The third kappa shape index (κ3) is 6.89. The fourth-order valence-electron chi connectivity index (χ4n) is 3.91. The maximum atomic E-state index is 14.9. The first-order valence-corrected chi connectivity index (χ1v) is 12.9. The number of hydrogen-bond acceptors (Lipinski definition) is 8. The molecule has 0 unspecified atom stereocenters. The molecule has 36 heavy (non-hydrogen) atoms. The molecule has 0 spiro atoms. The second-order valence-electron chi connectivity index (χ2n) is 8.79. The molecule has 0 bridgehead atoms. The highest BCUT2D eigenvalue weighted by Gasteiger charge is 2.41. The minimum Gasteiger partial charge on any atom is -0.463 e. The Labute approximate surface area is 215 Å². The van der Waals surface area contributed by atoms with Crippen molar-refractivity contribution in [3.63, 3.8) is 0 Å². The third-order valence-electron chi connectivity index (χ3n) is 6.07. The smallest absolute Gasteiger partial charge is 0.316 e. The van der Waals surface area contributed by atoms with E-state index in [1.165, 1.54) is 18.5 Å². The number of nitrogens with one attached hydrogen (secondary N) is 1. The topological polar surface area (TPSA) is 149 Å². The Bertz CT molecular complexity index is 1190. The van der Waals surface area contributed by atoms with Gasteiger partial charge in [-0.05, 0) is 31.6 Å². The Hall–Kier alpha value is -2.83. The number of nitrogens with two attached hydrogens (primary N) is 1. The fraction of sp³-hybridized carbons (Fsp3) is 0.478. The van der Waals surface area contributed by atoms with Crippen molar-refractivity contribution in [2.45, 2.75) is 44.0 Å². The molecule has 0 atom stereocenters. The molecule has 2 heterocycles. The summed E-state index contributed by atoms with van der Waals surface area (Å²) >= 11 is 0. The molecule has 2 aromatic rings. The van der Waals surface area contributed by atoms with Crippen LogP contribution >= 0.6 is 12.4 Å². The number of carbonyl (C=O) groups is 1. The van der Waals surface area contributed by atoms with Gasteiger partial charge in [0.05, 0.1) is 11.9 Å². The Kier molecular flexibility index (Phi) is 9.20. The van der Waals surface area contributed by atoms with E-state index in [0.717, 1.165) is 25.7 Å². The van der Waals surface area contributed by atoms with Crippen molar-refractivity contribution in [2.24, 2.45) is 11.7 Å². The summed E-state index contributed by atoms with van der Waals surface area (Å²) in [5, 5.41) is 6.92. The molecular weight excluding hydrogens is 513 g/mol. The van der Waals surface area contributed by atoms with Crippen LogP contribution in [0.15, 0.2) is 30.6 Å². The zero-order valence-electron chi connectivity index (χ0n) is 19.6. The molecule has 1 saturated carbocycles. The predicted octanol–water partition coefficient (Wildman–Crippen LogP) is 2.66. The summed E-state index contributed by atoms with van der Waals surface area (Å²) in [6.07, 6.45) is 5.53. The van der Waals surface area contributed by atoms with Crippen molar-refractivity contribution in [2.75, 3.05) is 19.7 Å². The second-order valence-corrected chi connectivity index (χ2v) is 11.0. The number of carbonyl (C=O) groups excluding carboxylic acids is 1. The van der Waals surface area contributed by atoms with E-state index < -0.39 is 21.8 Å². The van der Waals surface area contributed by atoms with E-state index >= 15 is 0 Å². The van der Waals surface area contributed by atoms with Crippen LogP contribution < -0.4 is 10.5 Å². The van der Waals surface area contributed by atoms with E-state index in [0.29, 0.717) is 25.3 Å². The molecule has 1 aromatic carbocycles. The Balaban J connectivity index is 0.00000361. The standard InChI is InChI=1S/C23H28FN5O5S.ClH/c24-22-16(14-33-21(30)10-20(25)26)2-1-3-19(22)17-11-27-23(28-12-17)34-13-15-6-8-29(9-7-15)35(31,32)18-4-5-18;/h1-3,11-12,15,18H,4-10,13-14H2,(H3,25,26);1H. The highest BCUT2D eigenvalue weighted by atomic mass is 35.5. The number of nitrogens with zero attached hydrogens (tertiary/aromatic N) is 3. The maximum Gasteiger partial charge on any atom is 0.316 e.